The number of fused-ring (bicyclic) bond motifs is 1. The number of nitrogens with zero attached hydrogens (tertiary/aromatic N) is 1. The fourth-order valence-corrected chi connectivity index (χ4v) is 2.23. The van der Waals surface area contributed by atoms with Crippen LogP contribution in [-0.2, 0) is 6.61 Å². The molecule has 21 heavy (non-hydrogen) atoms. The van der Waals surface area contributed by atoms with Crippen LogP contribution in [0.15, 0.2) is 71.8 Å². The quantitative estimate of drug-likeness (QED) is 0.448. The van der Waals surface area contributed by atoms with Crippen LogP contribution in [0.3, 0.4) is 0 Å². The molecule has 0 fully saturated rings. The Morgan fingerprint density at radius 1 is 0.905 bits per heavy atom. The standard InChI is InChI=1S/C18H16N2O/c19-20-12-14-6-9-18(10-7-14)21-13-15-5-8-16-3-1-2-4-17(16)11-15/h1-12H,13,19H2. The van der Waals surface area contributed by atoms with Gasteiger partial charge >= 0.3 is 0 Å². The molecule has 0 saturated heterocycles. The molecule has 3 aromatic carbocycles. The van der Waals surface area contributed by atoms with Gasteiger partial charge in [-0.1, -0.05) is 36.4 Å². The Balaban J connectivity index is 1.70. The molecule has 0 aliphatic carbocycles. The van der Waals surface area contributed by atoms with Gasteiger partial charge in [-0.25, -0.2) is 0 Å². The van der Waals surface area contributed by atoms with Crippen LogP contribution in [0.2, 0.25) is 0 Å². The zero-order valence-corrected chi connectivity index (χ0v) is 11.6. The van der Waals surface area contributed by atoms with Crippen LogP contribution in [0.25, 0.3) is 10.8 Å². The normalized spacial score (nSPS) is 11.0. The molecule has 0 saturated carbocycles. The van der Waals surface area contributed by atoms with Gasteiger partial charge < -0.3 is 10.6 Å². The summed E-state index contributed by atoms with van der Waals surface area (Å²) in [5.74, 6) is 5.95. The Kier molecular flexibility index (Phi) is 3.83. The Morgan fingerprint density at radius 2 is 1.67 bits per heavy atom. The Morgan fingerprint density at radius 3 is 2.43 bits per heavy atom. The predicted octanol–water partition coefficient (Wildman–Crippen LogP) is 3.71. The molecule has 0 heterocycles. The van der Waals surface area contributed by atoms with Crippen LogP contribution in [-0.4, -0.2) is 6.21 Å². The second-order valence-electron chi connectivity index (χ2n) is 4.82. The Labute approximate surface area is 123 Å². The minimum atomic E-state index is 0.551. The van der Waals surface area contributed by atoms with Crippen molar-refractivity contribution in [2.45, 2.75) is 6.61 Å². The molecule has 3 heteroatoms. The second-order valence-corrected chi connectivity index (χ2v) is 4.82. The lowest BCUT2D eigenvalue weighted by Crippen LogP contribution is -1.95. The van der Waals surface area contributed by atoms with Crippen molar-refractivity contribution >= 4 is 17.0 Å². The van der Waals surface area contributed by atoms with Crippen LogP contribution in [0.1, 0.15) is 11.1 Å². The molecule has 0 bridgehead atoms. The van der Waals surface area contributed by atoms with Gasteiger partial charge in [0.2, 0.25) is 0 Å². The summed E-state index contributed by atoms with van der Waals surface area (Å²) in [4.78, 5) is 0. The molecule has 0 aliphatic rings. The number of hydrazone groups is 1. The molecular formula is C18H16N2O. The van der Waals surface area contributed by atoms with Crippen molar-refractivity contribution < 1.29 is 4.74 Å². The zero-order valence-electron chi connectivity index (χ0n) is 11.6. The van der Waals surface area contributed by atoms with Crippen LogP contribution in [0.5, 0.6) is 5.75 Å². The minimum absolute atomic E-state index is 0.551. The lowest BCUT2D eigenvalue weighted by Gasteiger charge is -2.07. The molecule has 0 amide bonds. The van der Waals surface area contributed by atoms with Gasteiger partial charge in [0.1, 0.15) is 12.4 Å². The summed E-state index contributed by atoms with van der Waals surface area (Å²) in [7, 11) is 0. The van der Waals surface area contributed by atoms with Gasteiger partial charge in [-0.15, -0.1) is 0 Å². The second kappa shape index (κ2) is 6.09. The minimum Gasteiger partial charge on any atom is -0.489 e. The third-order valence-corrected chi connectivity index (χ3v) is 3.32. The first-order valence-electron chi connectivity index (χ1n) is 6.79. The number of rotatable bonds is 4. The third-order valence-electron chi connectivity index (χ3n) is 3.32. The van der Waals surface area contributed by atoms with Crippen molar-refractivity contribution in [2.24, 2.45) is 10.9 Å². The summed E-state index contributed by atoms with van der Waals surface area (Å²) in [6.45, 7) is 0.551. The van der Waals surface area contributed by atoms with Gasteiger partial charge in [0, 0.05) is 0 Å². The van der Waals surface area contributed by atoms with Crippen molar-refractivity contribution in [2.75, 3.05) is 0 Å². The van der Waals surface area contributed by atoms with Crippen LogP contribution >= 0.6 is 0 Å². The first-order valence-corrected chi connectivity index (χ1v) is 6.79. The smallest absolute Gasteiger partial charge is 0.119 e. The number of hydrogen-bond donors (Lipinski definition) is 1. The summed E-state index contributed by atoms with van der Waals surface area (Å²) in [6.07, 6.45) is 1.60. The van der Waals surface area contributed by atoms with E-state index in [1.165, 1.54) is 10.8 Å². The highest BCUT2D eigenvalue weighted by Gasteiger charge is 1.98. The van der Waals surface area contributed by atoms with E-state index in [2.05, 4.69) is 35.4 Å². The predicted molar refractivity (Wildman–Crippen MR) is 86.5 cm³/mol. The molecule has 0 aliphatic heterocycles. The van der Waals surface area contributed by atoms with Crippen LogP contribution in [0.4, 0.5) is 0 Å². The summed E-state index contributed by atoms with van der Waals surface area (Å²) < 4.78 is 5.80. The first kappa shape index (κ1) is 13.2. The summed E-state index contributed by atoms with van der Waals surface area (Å²) in [5.41, 5.74) is 2.11. The van der Waals surface area contributed by atoms with E-state index < -0.39 is 0 Å². The Bertz CT molecular complexity index is 764. The highest BCUT2D eigenvalue weighted by molar-refractivity contribution is 5.83. The van der Waals surface area contributed by atoms with Gasteiger partial charge in [-0.3, -0.25) is 0 Å². The van der Waals surface area contributed by atoms with Gasteiger partial charge in [0.15, 0.2) is 0 Å². The molecule has 0 radical (unpaired) electrons. The highest BCUT2D eigenvalue weighted by Crippen LogP contribution is 2.18. The fourth-order valence-electron chi connectivity index (χ4n) is 2.23. The molecule has 0 aromatic heterocycles. The first-order chi connectivity index (χ1) is 10.3. The molecule has 3 rings (SSSR count). The van der Waals surface area contributed by atoms with Crippen molar-refractivity contribution in [3.05, 3.63) is 77.9 Å². The average molecular weight is 276 g/mol. The SMILES string of the molecule is NN=Cc1ccc(OCc2ccc3ccccc3c2)cc1. The molecule has 0 atom stereocenters. The van der Waals surface area contributed by atoms with E-state index in [4.69, 9.17) is 10.6 Å². The zero-order chi connectivity index (χ0) is 14.5. The lowest BCUT2D eigenvalue weighted by molar-refractivity contribution is 0.306. The monoisotopic (exact) mass is 276 g/mol. The number of hydrogen-bond acceptors (Lipinski definition) is 3. The maximum atomic E-state index is 5.80. The molecule has 0 unspecified atom stereocenters. The largest absolute Gasteiger partial charge is 0.489 e. The number of ether oxygens (including phenoxy) is 1. The fraction of sp³-hybridized carbons (Fsp3) is 0.0556. The van der Waals surface area contributed by atoms with E-state index in [9.17, 15) is 0 Å². The maximum Gasteiger partial charge on any atom is 0.119 e. The van der Waals surface area contributed by atoms with Crippen molar-refractivity contribution in [1.29, 1.82) is 0 Å². The molecule has 2 N–H and O–H groups in total. The van der Waals surface area contributed by atoms with Crippen molar-refractivity contribution in [3.63, 3.8) is 0 Å². The van der Waals surface area contributed by atoms with Crippen LogP contribution in [0, 0.1) is 0 Å². The number of benzene rings is 3. The molecular weight excluding hydrogens is 260 g/mol. The van der Waals surface area contributed by atoms with Gasteiger partial charge in [-0.2, -0.15) is 5.10 Å². The summed E-state index contributed by atoms with van der Waals surface area (Å²) >= 11 is 0. The maximum absolute atomic E-state index is 5.80. The van der Waals surface area contributed by atoms with E-state index in [1.807, 2.05) is 36.4 Å². The van der Waals surface area contributed by atoms with E-state index in [0.717, 1.165) is 16.9 Å². The Hall–Kier alpha value is -2.81. The van der Waals surface area contributed by atoms with E-state index in [0.29, 0.717) is 6.61 Å². The third kappa shape index (κ3) is 3.20. The van der Waals surface area contributed by atoms with Crippen molar-refractivity contribution in [1.82, 2.24) is 0 Å². The van der Waals surface area contributed by atoms with E-state index in [-0.39, 0.29) is 0 Å². The topological polar surface area (TPSA) is 47.6 Å². The molecule has 3 nitrogen and oxygen atoms in total. The summed E-state index contributed by atoms with van der Waals surface area (Å²) in [6, 6.07) is 22.4. The highest BCUT2D eigenvalue weighted by atomic mass is 16.5. The van der Waals surface area contributed by atoms with E-state index >= 15 is 0 Å². The average Bonchev–Trinajstić information content (AvgIpc) is 2.54. The summed E-state index contributed by atoms with van der Waals surface area (Å²) in [5, 5.41) is 5.96. The number of nitrogens with two attached hydrogens (primary N) is 1. The van der Waals surface area contributed by atoms with Crippen LogP contribution < -0.4 is 10.6 Å². The molecule has 104 valence electrons. The van der Waals surface area contributed by atoms with Gasteiger partial charge in [0.05, 0.1) is 6.21 Å². The van der Waals surface area contributed by atoms with E-state index in [1.54, 1.807) is 6.21 Å². The molecule has 3 aromatic rings. The molecule has 0 spiro atoms. The lowest BCUT2D eigenvalue weighted by atomic mass is 10.1. The van der Waals surface area contributed by atoms with Gasteiger partial charge in [-0.05, 0) is 52.2 Å². The van der Waals surface area contributed by atoms with Crippen molar-refractivity contribution in [3.8, 4) is 5.75 Å². The van der Waals surface area contributed by atoms with Gasteiger partial charge in [0.25, 0.3) is 0 Å².